The van der Waals surface area contributed by atoms with Crippen LogP contribution in [0.25, 0.3) is 0 Å². The second-order valence-electron chi connectivity index (χ2n) is 4.31. The Bertz CT molecular complexity index is 615. The lowest BCUT2D eigenvalue weighted by Crippen LogP contribution is -2.02. The molecule has 2 aromatic rings. The number of rotatable bonds is 5. The lowest BCUT2D eigenvalue weighted by atomic mass is 10.2. The highest BCUT2D eigenvalue weighted by molar-refractivity contribution is 9.10. The minimum Gasteiger partial charge on any atom is -0.487 e. The summed E-state index contributed by atoms with van der Waals surface area (Å²) >= 11 is 17.3. The molecule has 0 aliphatic carbocycles. The molecular formula is C14H14BrCl2NOS. The molecular weight excluding hydrogens is 381 g/mol. The number of hydrogen-bond acceptors (Lipinski definition) is 3. The smallest absolute Gasteiger partial charge is 0.139 e. The van der Waals surface area contributed by atoms with Crippen molar-refractivity contribution in [3.63, 3.8) is 0 Å². The van der Waals surface area contributed by atoms with E-state index in [9.17, 15) is 0 Å². The molecule has 0 amide bonds. The van der Waals surface area contributed by atoms with Gasteiger partial charge in [0.2, 0.25) is 0 Å². The van der Waals surface area contributed by atoms with E-state index in [2.05, 4.69) is 34.2 Å². The van der Waals surface area contributed by atoms with Gasteiger partial charge in [-0.25, -0.2) is 0 Å². The largest absolute Gasteiger partial charge is 0.487 e. The number of aryl methyl sites for hydroxylation is 1. The average molecular weight is 395 g/mol. The Morgan fingerprint density at radius 3 is 2.70 bits per heavy atom. The topological polar surface area (TPSA) is 21.3 Å². The first kappa shape index (κ1) is 16.1. The summed E-state index contributed by atoms with van der Waals surface area (Å²) in [7, 11) is 1.94. The van der Waals surface area contributed by atoms with Gasteiger partial charge < -0.3 is 10.1 Å². The average Bonchev–Trinajstić information content (AvgIpc) is 2.73. The number of benzene rings is 1. The Morgan fingerprint density at radius 1 is 1.25 bits per heavy atom. The Kier molecular flexibility index (Phi) is 5.75. The van der Waals surface area contributed by atoms with Gasteiger partial charge in [0.1, 0.15) is 12.4 Å². The molecule has 108 valence electrons. The second-order valence-corrected chi connectivity index (χ2v) is 7.32. The van der Waals surface area contributed by atoms with Gasteiger partial charge >= 0.3 is 0 Å². The lowest BCUT2D eigenvalue weighted by Gasteiger charge is -2.09. The summed E-state index contributed by atoms with van der Waals surface area (Å²) in [6.45, 7) is 3.46. The van der Waals surface area contributed by atoms with Crippen LogP contribution < -0.4 is 10.1 Å². The van der Waals surface area contributed by atoms with Gasteiger partial charge in [0.15, 0.2) is 0 Å². The number of nitrogens with one attached hydrogen (secondary N) is 1. The van der Waals surface area contributed by atoms with Crippen molar-refractivity contribution >= 4 is 50.5 Å². The molecule has 2 nitrogen and oxygen atoms in total. The fourth-order valence-electron chi connectivity index (χ4n) is 1.76. The third-order valence-electron chi connectivity index (χ3n) is 2.78. The van der Waals surface area contributed by atoms with Gasteiger partial charge in [-0.1, -0.05) is 23.2 Å². The van der Waals surface area contributed by atoms with Gasteiger partial charge in [-0.3, -0.25) is 0 Å². The minimum atomic E-state index is 0.490. The Hall–Kier alpha value is -0.260. The highest BCUT2D eigenvalue weighted by Crippen LogP contribution is 2.35. The molecule has 0 radical (unpaired) electrons. The van der Waals surface area contributed by atoms with Crippen molar-refractivity contribution in [2.24, 2.45) is 0 Å². The van der Waals surface area contributed by atoms with Crippen LogP contribution in [0, 0.1) is 6.92 Å². The molecule has 0 bridgehead atoms. The fourth-order valence-corrected chi connectivity index (χ4v) is 3.67. The predicted molar refractivity (Wildman–Crippen MR) is 90.3 cm³/mol. The number of halogens is 3. The molecule has 20 heavy (non-hydrogen) atoms. The van der Waals surface area contributed by atoms with Crippen molar-refractivity contribution in [2.45, 2.75) is 20.1 Å². The molecule has 1 aromatic heterocycles. The molecule has 0 saturated carbocycles. The van der Waals surface area contributed by atoms with Crippen molar-refractivity contribution in [2.75, 3.05) is 7.05 Å². The Balaban J connectivity index is 2.10. The molecule has 1 N–H and O–H groups in total. The molecule has 0 unspecified atom stereocenters. The van der Waals surface area contributed by atoms with Crippen LogP contribution in [0.2, 0.25) is 10.0 Å². The molecule has 1 heterocycles. The molecule has 0 atom stereocenters. The Labute approximate surface area is 141 Å². The normalized spacial score (nSPS) is 10.8. The van der Waals surface area contributed by atoms with Crippen LogP contribution in [-0.2, 0) is 13.2 Å². The van der Waals surface area contributed by atoms with Crippen LogP contribution in [0.4, 0.5) is 0 Å². The first-order valence-corrected chi connectivity index (χ1v) is 8.38. The van der Waals surface area contributed by atoms with Gasteiger partial charge in [0, 0.05) is 32.4 Å². The minimum absolute atomic E-state index is 0.490. The molecule has 0 aliphatic heterocycles. The van der Waals surface area contributed by atoms with E-state index in [1.54, 1.807) is 23.5 Å². The van der Waals surface area contributed by atoms with Crippen molar-refractivity contribution in [3.05, 3.63) is 48.0 Å². The van der Waals surface area contributed by atoms with Crippen LogP contribution in [0.15, 0.2) is 22.7 Å². The van der Waals surface area contributed by atoms with Crippen LogP contribution in [-0.4, -0.2) is 7.05 Å². The summed E-state index contributed by atoms with van der Waals surface area (Å²) in [5.41, 5.74) is 1.18. The third kappa shape index (κ3) is 3.89. The highest BCUT2D eigenvalue weighted by atomic mass is 79.9. The van der Waals surface area contributed by atoms with E-state index in [1.807, 2.05) is 7.05 Å². The summed E-state index contributed by atoms with van der Waals surface area (Å²) in [4.78, 5) is 2.55. The zero-order chi connectivity index (χ0) is 14.7. The molecule has 0 saturated heterocycles. The van der Waals surface area contributed by atoms with Crippen LogP contribution in [0.3, 0.4) is 0 Å². The number of thiophene rings is 1. The first-order chi connectivity index (χ1) is 9.51. The molecule has 1 aromatic carbocycles. The summed E-state index contributed by atoms with van der Waals surface area (Å²) < 4.78 is 6.54. The molecule has 0 spiro atoms. The van der Waals surface area contributed by atoms with E-state index in [4.69, 9.17) is 27.9 Å². The standard InChI is InChI=1S/C14H14BrCl2NOS/c1-8-9(3-10(20-8)6-18-2)7-19-14-5-12(16)11(15)4-13(14)17/h3-5,18H,6-7H2,1-2H3. The van der Waals surface area contributed by atoms with Crippen molar-refractivity contribution in [1.29, 1.82) is 0 Å². The highest BCUT2D eigenvalue weighted by Gasteiger charge is 2.10. The van der Waals surface area contributed by atoms with Gasteiger partial charge in [-0.05, 0) is 42.0 Å². The lowest BCUT2D eigenvalue weighted by molar-refractivity contribution is 0.306. The number of ether oxygens (including phenoxy) is 1. The van der Waals surface area contributed by atoms with Gasteiger partial charge in [-0.15, -0.1) is 11.3 Å². The first-order valence-electron chi connectivity index (χ1n) is 6.01. The van der Waals surface area contributed by atoms with Crippen LogP contribution >= 0.6 is 50.5 Å². The van der Waals surface area contributed by atoms with Gasteiger partial charge in [0.05, 0.1) is 10.0 Å². The zero-order valence-electron chi connectivity index (χ0n) is 11.1. The number of hydrogen-bond donors (Lipinski definition) is 1. The van der Waals surface area contributed by atoms with Crippen LogP contribution in [0.1, 0.15) is 15.3 Å². The second kappa shape index (κ2) is 7.14. The fraction of sp³-hybridized carbons (Fsp3) is 0.286. The Morgan fingerprint density at radius 2 is 2.00 bits per heavy atom. The molecule has 0 aliphatic rings. The van der Waals surface area contributed by atoms with E-state index in [0.29, 0.717) is 22.4 Å². The molecule has 2 rings (SSSR count). The van der Waals surface area contributed by atoms with Crippen LogP contribution in [0.5, 0.6) is 5.75 Å². The maximum atomic E-state index is 6.14. The molecule has 6 heteroatoms. The SMILES string of the molecule is CNCc1cc(COc2cc(Cl)c(Br)cc2Cl)c(C)s1. The van der Waals surface area contributed by atoms with E-state index in [0.717, 1.165) is 11.0 Å². The zero-order valence-corrected chi connectivity index (χ0v) is 15.0. The van der Waals surface area contributed by atoms with Gasteiger partial charge in [-0.2, -0.15) is 0 Å². The monoisotopic (exact) mass is 393 g/mol. The summed E-state index contributed by atoms with van der Waals surface area (Å²) in [5.74, 6) is 0.598. The summed E-state index contributed by atoms with van der Waals surface area (Å²) in [5, 5.41) is 4.28. The van der Waals surface area contributed by atoms with E-state index in [1.165, 1.54) is 15.3 Å². The molecule has 0 fully saturated rings. The maximum absolute atomic E-state index is 6.14. The van der Waals surface area contributed by atoms with E-state index < -0.39 is 0 Å². The summed E-state index contributed by atoms with van der Waals surface area (Å²) in [6.07, 6.45) is 0. The maximum Gasteiger partial charge on any atom is 0.139 e. The van der Waals surface area contributed by atoms with Crippen molar-refractivity contribution in [3.8, 4) is 5.75 Å². The van der Waals surface area contributed by atoms with E-state index in [-0.39, 0.29) is 0 Å². The van der Waals surface area contributed by atoms with Crippen molar-refractivity contribution < 1.29 is 4.74 Å². The van der Waals surface area contributed by atoms with Gasteiger partial charge in [0.25, 0.3) is 0 Å². The van der Waals surface area contributed by atoms with Crippen molar-refractivity contribution in [1.82, 2.24) is 5.32 Å². The van der Waals surface area contributed by atoms with E-state index >= 15 is 0 Å². The quantitative estimate of drug-likeness (QED) is 0.683. The predicted octanol–water partition coefficient (Wildman–Crippen LogP) is 5.42. The third-order valence-corrected chi connectivity index (χ3v) is 5.37. The summed E-state index contributed by atoms with van der Waals surface area (Å²) in [6, 6.07) is 5.63.